The number of unbranched alkanes of at least 4 members (excludes halogenated alkanes) is 6. The quantitative estimate of drug-likeness (QED) is 0.287. The van der Waals surface area contributed by atoms with Crippen LogP contribution in [0.25, 0.3) is 6.08 Å². The number of rotatable bonds is 12. The first kappa shape index (κ1) is 18.2. The lowest BCUT2D eigenvalue weighted by atomic mass is 10.1. The van der Waals surface area contributed by atoms with Crippen molar-refractivity contribution >= 4 is 12.0 Å². The fourth-order valence-corrected chi connectivity index (χ4v) is 2.23. The topological polar surface area (TPSA) is 26.3 Å². The molecule has 0 amide bonds. The molecule has 1 rings (SSSR count). The minimum atomic E-state index is -0.0932. The van der Waals surface area contributed by atoms with Gasteiger partial charge in [-0.15, -0.1) is 6.58 Å². The molecule has 0 aromatic heterocycles. The monoisotopic (exact) mass is 300 g/mol. The molecule has 2 heteroatoms. The number of carbonyl (C=O) groups excluding carboxylic acids is 1. The maximum absolute atomic E-state index is 11.6. The van der Waals surface area contributed by atoms with Crippen molar-refractivity contribution in [3.05, 3.63) is 54.6 Å². The van der Waals surface area contributed by atoms with Crippen LogP contribution in [0.4, 0.5) is 0 Å². The number of benzene rings is 1. The summed E-state index contributed by atoms with van der Waals surface area (Å²) < 4.78 is 5.19. The van der Waals surface area contributed by atoms with Crippen molar-refractivity contribution in [2.45, 2.75) is 51.4 Å². The van der Waals surface area contributed by atoms with E-state index in [4.69, 9.17) is 4.74 Å². The van der Waals surface area contributed by atoms with Crippen LogP contribution in [0.5, 0.6) is 0 Å². The molecular weight excluding hydrogens is 272 g/mol. The molecule has 22 heavy (non-hydrogen) atoms. The van der Waals surface area contributed by atoms with Crippen LogP contribution in [0.1, 0.15) is 56.9 Å². The predicted octanol–water partition coefficient (Wildman–Crippen LogP) is 5.55. The Morgan fingerprint density at radius 2 is 1.68 bits per heavy atom. The van der Waals surface area contributed by atoms with Crippen molar-refractivity contribution < 1.29 is 9.53 Å². The Morgan fingerprint density at radius 1 is 1.00 bits per heavy atom. The fraction of sp³-hybridized carbons (Fsp3) is 0.450. The van der Waals surface area contributed by atoms with Crippen LogP contribution in [0.15, 0.2) is 49.1 Å². The van der Waals surface area contributed by atoms with Crippen molar-refractivity contribution in [3.8, 4) is 0 Å². The summed E-state index contributed by atoms with van der Waals surface area (Å²) in [5, 5.41) is 0. The van der Waals surface area contributed by atoms with Gasteiger partial charge >= 0.3 is 5.97 Å². The molecular formula is C20H28O2. The lowest BCUT2D eigenvalue weighted by Gasteiger charge is -2.02. The first-order chi connectivity index (χ1) is 10.8. The molecule has 0 heterocycles. The summed E-state index contributed by atoms with van der Waals surface area (Å²) in [5.41, 5.74) is 1.12. The fourth-order valence-electron chi connectivity index (χ4n) is 2.23. The second-order valence-corrected chi connectivity index (χ2v) is 5.44. The molecule has 0 aliphatic carbocycles. The summed E-state index contributed by atoms with van der Waals surface area (Å²) in [6.45, 7) is 4.08. The first-order valence-electron chi connectivity index (χ1n) is 8.31. The zero-order valence-corrected chi connectivity index (χ0v) is 13.5. The number of hydrogen-bond acceptors (Lipinski definition) is 2. The number of allylic oxidation sites excluding steroid dienone is 1. The highest BCUT2D eigenvalue weighted by molar-refractivity contribution is 5.69. The molecule has 0 aliphatic heterocycles. The SMILES string of the molecule is C=CCCCCCCCCC(=O)OCC=Cc1ccccc1. The third-order valence-corrected chi connectivity index (χ3v) is 3.49. The van der Waals surface area contributed by atoms with Gasteiger partial charge in [-0.3, -0.25) is 4.79 Å². The number of carbonyl (C=O) groups is 1. The van der Waals surface area contributed by atoms with Gasteiger partial charge in [-0.2, -0.15) is 0 Å². The lowest BCUT2D eigenvalue weighted by molar-refractivity contribution is -0.142. The minimum Gasteiger partial charge on any atom is -0.461 e. The Labute approximate surface area is 134 Å². The Kier molecular flexibility index (Phi) is 10.7. The second kappa shape index (κ2) is 12.9. The van der Waals surface area contributed by atoms with Crippen LogP contribution in [0.2, 0.25) is 0 Å². The van der Waals surface area contributed by atoms with Gasteiger partial charge in [-0.25, -0.2) is 0 Å². The zero-order valence-electron chi connectivity index (χ0n) is 13.5. The van der Waals surface area contributed by atoms with Gasteiger partial charge in [0.2, 0.25) is 0 Å². The standard InChI is InChI=1S/C20H28O2/c1-2-3-4-5-6-7-8-12-17-20(21)22-18-13-16-19-14-10-9-11-15-19/h2,9-11,13-16H,1,3-8,12,17-18H2. The molecule has 0 bridgehead atoms. The molecule has 2 nitrogen and oxygen atoms in total. The van der Waals surface area contributed by atoms with Gasteiger partial charge in [0, 0.05) is 6.42 Å². The van der Waals surface area contributed by atoms with E-state index in [1.54, 1.807) is 0 Å². The van der Waals surface area contributed by atoms with Crippen LogP contribution in [0.3, 0.4) is 0 Å². The highest BCUT2D eigenvalue weighted by Gasteiger charge is 2.01. The summed E-state index contributed by atoms with van der Waals surface area (Å²) in [4.78, 5) is 11.6. The Morgan fingerprint density at radius 3 is 2.41 bits per heavy atom. The van der Waals surface area contributed by atoms with E-state index in [-0.39, 0.29) is 5.97 Å². The second-order valence-electron chi connectivity index (χ2n) is 5.44. The smallest absolute Gasteiger partial charge is 0.306 e. The molecule has 0 radical (unpaired) electrons. The van der Waals surface area contributed by atoms with Gasteiger partial charge in [0.25, 0.3) is 0 Å². The third kappa shape index (κ3) is 9.98. The van der Waals surface area contributed by atoms with E-state index in [0.29, 0.717) is 13.0 Å². The molecule has 1 aromatic carbocycles. The van der Waals surface area contributed by atoms with Crippen molar-refractivity contribution in [1.29, 1.82) is 0 Å². The molecule has 1 aromatic rings. The summed E-state index contributed by atoms with van der Waals surface area (Å²) in [5.74, 6) is -0.0932. The van der Waals surface area contributed by atoms with E-state index < -0.39 is 0 Å². The van der Waals surface area contributed by atoms with Crippen LogP contribution in [-0.2, 0) is 9.53 Å². The third-order valence-electron chi connectivity index (χ3n) is 3.49. The van der Waals surface area contributed by atoms with Crippen molar-refractivity contribution in [2.24, 2.45) is 0 Å². The normalized spacial score (nSPS) is 10.7. The number of esters is 1. The average molecular weight is 300 g/mol. The molecule has 0 N–H and O–H groups in total. The average Bonchev–Trinajstić information content (AvgIpc) is 2.55. The largest absolute Gasteiger partial charge is 0.461 e. The van der Waals surface area contributed by atoms with Crippen LogP contribution < -0.4 is 0 Å². The molecule has 0 unspecified atom stereocenters. The summed E-state index contributed by atoms with van der Waals surface area (Å²) in [6, 6.07) is 10.0. The van der Waals surface area contributed by atoms with Gasteiger partial charge < -0.3 is 4.74 Å². The maximum Gasteiger partial charge on any atom is 0.306 e. The summed E-state index contributed by atoms with van der Waals surface area (Å²) in [6.07, 6.45) is 14.5. The molecule has 0 saturated heterocycles. The van der Waals surface area contributed by atoms with Crippen molar-refractivity contribution in [3.63, 3.8) is 0 Å². The molecule has 0 spiro atoms. The van der Waals surface area contributed by atoms with E-state index >= 15 is 0 Å². The van der Waals surface area contributed by atoms with E-state index in [2.05, 4.69) is 6.58 Å². The molecule has 120 valence electrons. The van der Waals surface area contributed by atoms with Crippen LogP contribution in [-0.4, -0.2) is 12.6 Å². The van der Waals surface area contributed by atoms with Gasteiger partial charge in [0.15, 0.2) is 0 Å². The zero-order chi connectivity index (χ0) is 15.9. The Hall–Kier alpha value is -1.83. The molecule has 0 fully saturated rings. The van der Waals surface area contributed by atoms with Gasteiger partial charge in [0.1, 0.15) is 6.61 Å². The predicted molar refractivity (Wildman–Crippen MR) is 93.6 cm³/mol. The Balaban J connectivity index is 1.95. The maximum atomic E-state index is 11.6. The van der Waals surface area contributed by atoms with E-state index in [9.17, 15) is 4.79 Å². The molecule has 0 saturated carbocycles. The van der Waals surface area contributed by atoms with E-state index in [1.165, 1.54) is 25.7 Å². The highest BCUT2D eigenvalue weighted by Crippen LogP contribution is 2.09. The van der Waals surface area contributed by atoms with Crippen LogP contribution in [0, 0.1) is 0 Å². The molecule has 0 atom stereocenters. The van der Waals surface area contributed by atoms with Gasteiger partial charge in [-0.1, -0.05) is 68.2 Å². The van der Waals surface area contributed by atoms with Crippen molar-refractivity contribution in [2.75, 3.05) is 6.61 Å². The summed E-state index contributed by atoms with van der Waals surface area (Å²) in [7, 11) is 0. The highest BCUT2D eigenvalue weighted by atomic mass is 16.5. The number of hydrogen-bond donors (Lipinski definition) is 0. The van der Waals surface area contributed by atoms with E-state index in [0.717, 1.165) is 24.8 Å². The van der Waals surface area contributed by atoms with Crippen molar-refractivity contribution in [1.82, 2.24) is 0 Å². The van der Waals surface area contributed by atoms with Gasteiger partial charge in [-0.05, 0) is 30.9 Å². The minimum absolute atomic E-state index is 0.0932. The van der Waals surface area contributed by atoms with Gasteiger partial charge in [0.05, 0.1) is 0 Å². The van der Waals surface area contributed by atoms with E-state index in [1.807, 2.05) is 48.6 Å². The number of ether oxygens (including phenoxy) is 1. The lowest BCUT2D eigenvalue weighted by Crippen LogP contribution is -2.03. The first-order valence-corrected chi connectivity index (χ1v) is 8.31. The Bertz CT molecular complexity index is 434. The summed E-state index contributed by atoms with van der Waals surface area (Å²) >= 11 is 0. The van der Waals surface area contributed by atoms with Crippen LogP contribution >= 0.6 is 0 Å². The molecule has 0 aliphatic rings.